The Bertz CT molecular complexity index is 147. The van der Waals surface area contributed by atoms with Gasteiger partial charge in [-0.1, -0.05) is 39.3 Å². The molecule has 13 heavy (non-hydrogen) atoms. The van der Waals surface area contributed by atoms with E-state index in [9.17, 15) is 0 Å². The quantitative estimate of drug-likeness (QED) is 0.627. The van der Waals surface area contributed by atoms with E-state index in [0.717, 1.165) is 19.3 Å². The molecule has 0 saturated heterocycles. The summed E-state index contributed by atoms with van der Waals surface area (Å²) >= 11 is 0. The summed E-state index contributed by atoms with van der Waals surface area (Å²) < 4.78 is 0. The van der Waals surface area contributed by atoms with Crippen molar-refractivity contribution in [3.8, 4) is 0 Å². The monoisotopic (exact) mass is 184 g/mol. The molecule has 1 N–H and O–H groups in total. The predicted octanol–water partition coefficient (Wildman–Crippen LogP) is 3.39. The molecule has 0 aliphatic rings. The Morgan fingerprint density at radius 2 is 1.92 bits per heavy atom. The lowest BCUT2D eigenvalue weighted by Crippen LogP contribution is -1.98. The van der Waals surface area contributed by atoms with Gasteiger partial charge in [-0.25, -0.2) is 0 Å². The number of hydrogen-bond donors (Lipinski definition) is 1. The van der Waals surface area contributed by atoms with E-state index in [1.54, 1.807) is 5.57 Å². The first-order valence-electron chi connectivity index (χ1n) is 5.41. The second-order valence-corrected chi connectivity index (χ2v) is 4.14. The smallest absolute Gasteiger partial charge is 0.0433 e. The topological polar surface area (TPSA) is 20.2 Å². The molecule has 0 aromatic rings. The van der Waals surface area contributed by atoms with Crippen LogP contribution in [0.5, 0.6) is 0 Å². The van der Waals surface area contributed by atoms with Crippen molar-refractivity contribution in [2.45, 2.75) is 47.0 Å². The van der Waals surface area contributed by atoms with Crippen molar-refractivity contribution in [3.05, 3.63) is 11.6 Å². The molecule has 0 radical (unpaired) electrons. The van der Waals surface area contributed by atoms with Crippen molar-refractivity contribution in [1.82, 2.24) is 0 Å². The van der Waals surface area contributed by atoms with Gasteiger partial charge in [0.15, 0.2) is 0 Å². The Morgan fingerprint density at radius 1 is 1.31 bits per heavy atom. The molecule has 1 atom stereocenters. The molecular weight excluding hydrogens is 160 g/mol. The molecule has 0 bridgehead atoms. The minimum absolute atomic E-state index is 0.318. The average Bonchev–Trinajstić information content (AvgIpc) is 2.05. The number of rotatable bonds is 6. The summed E-state index contributed by atoms with van der Waals surface area (Å²) in [5.74, 6) is 1.29. The van der Waals surface area contributed by atoms with Gasteiger partial charge in [0, 0.05) is 6.61 Å². The fraction of sp³-hybridized carbons (Fsp3) is 0.833. The minimum Gasteiger partial charge on any atom is -0.396 e. The summed E-state index contributed by atoms with van der Waals surface area (Å²) in [6.07, 6.45) is 5.54. The standard InChI is InChI=1S/C12H24O/c1-5-12(10(2)3)7-6-11(4)8-9-13/h7,10-11,13H,5-6,8-9H2,1-4H3. The molecule has 0 fully saturated rings. The molecule has 1 unspecified atom stereocenters. The van der Waals surface area contributed by atoms with E-state index in [2.05, 4.69) is 33.8 Å². The van der Waals surface area contributed by atoms with Crippen molar-refractivity contribution in [2.24, 2.45) is 11.8 Å². The number of aliphatic hydroxyl groups is 1. The lowest BCUT2D eigenvalue weighted by molar-refractivity contribution is 0.263. The number of hydrogen-bond acceptors (Lipinski definition) is 1. The zero-order valence-electron chi connectivity index (χ0n) is 9.51. The summed E-state index contributed by atoms with van der Waals surface area (Å²) in [5.41, 5.74) is 1.55. The van der Waals surface area contributed by atoms with Gasteiger partial charge in [-0.15, -0.1) is 0 Å². The zero-order valence-corrected chi connectivity index (χ0v) is 9.51. The van der Waals surface area contributed by atoms with E-state index in [-0.39, 0.29) is 0 Å². The van der Waals surface area contributed by atoms with Crippen LogP contribution in [0.15, 0.2) is 11.6 Å². The van der Waals surface area contributed by atoms with Gasteiger partial charge < -0.3 is 5.11 Å². The summed E-state index contributed by atoms with van der Waals surface area (Å²) in [5, 5.41) is 8.75. The van der Waals surface area contributed by atoms with Crippen LogP contribution < -0.4 is 0 Å². The molecule has 0 aromatic carbocycles. The molecule has 78 valence electrons. The second kappa shape index (κ2) is 7.14. The van der Waals surface area contributed by atoms with Crippen LogP contribution in [0.2, 0.25) is 0 Å². The van der Waals surface area contributed by atoms with Crippen LogP contribution in [0.25, 0.3) is 0 Å². The number of aliphatic hydroxyl groups excluding tert-OH is 1. The van der Waals surface area contributed by atoms with E-state index in [1.165, 1.54) is 0 Å². The van der Waals surface area contributed by atoms with Crippen molar-refractivity contribution < 1.29 is 5.11 Å². The maximum Gasteiger partial charge on any atom is 0.0433 e. The van der Waals surface area contributed by atoms with Crippen LogP contribution in [0.4, 0.5) is 0 Å². The lowest BCUT2D eigenvalue weighted by atomic mass is 9.96. The maximum absolute atomic E-state index is 8.75. The highest BCUT2D eigenvalue weighted by Gasteiger charge is 2.02. The summed E-state index contributed by atoms with van der Waals surface area (Å²) in [6, 6.07) is 0. The minimum atomic E-state index is 0.318. The summed E-state index contributed by atoms with van der Waals surface area (Å²) in [6.45, 7) is 9.21. The van der Waals surface area contributed by atoms with Gasteiger partial charge in [-0.2, -0.15) is 0 Å². The molecule has 0 rings (SSSR count). The Hall–Kier alpha value is -0.300. The van der Waals surface area contributed by atoms with Crippen LogP contribution in [-0.2, 0) is 0 Å². The van der Waals surface area contributed by atoms with E-state index in [1.807, 2.05) is 0 Å². The fourth-order valence-corrected chi connectivity index (χ4v) is 1.48. The highest BCUT2D eigenvalue weighted by molar-refractivity contribution is 5.04. The Kier molecular flexibility index (Phi) is 6.97. The zero-order chi connectivity index (χ0) is 10.3. The second-order valence-electron chi connectivity index (χ2n) is 4.14. The van der Waals surface area contributed by atoms with Crippen LogP contribution >= 0.6 is 0 Å². The third-order valence-electron chi connectivity index (χ3n) is 2.55. The van der Waals surface area contributed by atoms with E-state index < -0.39 is 0 Å². The van der Waals surface area contributed by atoms with E-state index in [0.29, 0.717) is 18.4 Å². The fourth-order valence-electron chi connectivity index (χ4n) is 1.48. The Balaban J connectivity index is 3.91. The van der Waals surface area contributed by atoms with Gasteiger partial charge in [0.25, 0.3) is 0 Å². The first-order valence-corrected chi connectivity index (χ1v) is 5.41. The largest absolute Gasteiger partial charge is 0.396 e. The van der Waals surface area contributed by atoms with Crippen LogP contribution in [0, 0.1) is 11.8 Å². The van der Waals surface area contributed by atoms with Crippen molar-refractivity contribution in [1.29, 1.82) is 0 Å². The Morgan fingerprint density at radius 3 is 2.31 bits per heavy atom. The molecule has 0 saturated carbocycles. The lowest BCUT2D eigenvalue weighted by Gasteiger charge is -2.11. The van der Waals surface area contributed by atoms with Gasteiger partial charge in [-0.05, 0) is 31.1 Å². The van der Waals surface area contributed by atoms with Gasteiger partial charge in [0.1, 0.15) is 0 Å². The third-order valence-corrected chi connectivity index (χ3v) is 2.55. The van der Waals surface area contributed by atoms with Gasteiger partial charge in [-0.3, -0.25) is 0 Å². The van der Waals surface area contributed by atoms with Crippen molar-refractivity contribution in [3.63, 3.8) is 0 Å². The average molecular weight is 184 g/mol. The van der Waals surface area contributed by atoms with E-state index >= 15 is 0 Å². The van der Waals surface area contributed by atoms with Crippen LogP contribution in [0.3, 0.4) is 0 Å². The molecule has 0 amide bonds. The molecule has 0 heterocycles. The molecule has 0 aliphatic carbocycles. The third kappa shape index (κ3) is 5.87. The SMILES string of the molecule is CCC(=CCC(C)CCO)C(C)C. The molecule has 1 heteroatoms. The highest BCUT2D eigenvalue weighted by Crippen LogP contribution is 2.17. The normalized spacial score (nSPS) is 15.1. The van der Waals surface area contributed by atoms with E-state index in [4.69, 9.17) is 5.11 Å². The van der Waals surface area contributed by atoms with Gasteiger partial charge >= 0.3 is 0 Å². The Labute approximate surface area is 82.9 Å². The first-order chi connectivity index (χ1) is 6.11. The van der Waals surface area contributed by atoms with Crippen LogP contribution in [-0.4, -0.2) is 11.7 Å². The van der Waals surface area contributed by atoms with Crippen molar-refractivity contribution >= 4 is 0 Å². The maximum atomic E-state index is 8.75. The molecule has 1 nitrogen and oxygen atoms in total. The van der Waals surface area contributed by atoms with Gasteiger partial charge in [0.05, 0.1) is 0 Å². The van der Waals surface area contributed by atoms with Gasteiger partial charge in [0.2, 0.25) is 0 Å². The summed E-state index contributed by atoms with van der Waals surface area (Å²) in [7, 11) is 0. The number of allylic oxidation sites excluding steroid dienone is 2. The molecular formula is C12H24O. The first kappa shape index (κ1) is 12.7. The molecule has 0 spiro atoms. The van der Waals surface area contributed by atoms with Crippen LogP contribution in [0.1, 0.15) is 47.0 Å². The predicted molar refractivity (Wildman–Crippen MR) is 58.7 cm³/mol. The summed E-state index contributed by atoms with van der Waals surface area (Å²) in [4.78, 5) is 0. The van der Waals surface area contributed by atoms with Crippen molar-refractivity contribution in [2.75, 3.05) is 6.61 Å². The molecule has 0 aliphatic heterocycles. The highest BCUT2D eigenvalue weighted by atomic mass is 16.2. The molecule has 0 aromatic heterocycles.